The Morgan fingerprint density at radius 3 is 0.847 bits per heavy atom. The molecule has 0 unspecified atom stereocenters. The molecule has 0 spiro atoms. The first-order valence-corrected chi connectivity index (χ1v) is 27.7. The van der Waals surface area contributed by atoms with Crippen molar-refractivity contribution in [2.75, 3.05) is 46.2 Å². The fraction of sp³-hybridized carbons (Fsp3) is 0.492. The van der Waals surface area contributed by atoms with Crippen molar-refractivity contribution in [1.29, 1.82) is 0 Å². The topological polar surface area (TPSA) is 98.8 Å². The molecule has 0 saturated carbocycles. The number of rotatable bonds is 34. The number of carbonyl (C=O) groups excluding carboxylic acids is 2. The molecule has 0 amide bonds. The monoisotopic (exact) mass is 981 g/mol. The summed E-state index contributed by atoms with van der Waals surface area (Å²) in [6, 6.07) is 25.4. The summed E-state index contributed by atoms with van der Waals surface area (Å²) in [5.74, 6) is 4.64. The first-order chi connectivity index (χ1) is 35.4. The third-order valence-electron chi connectivity index (χ3n) is 13.6. The molecule has 0 aliphatic heterocycles. The van der Waals surface area contributed by atoms with Crippen molar-refractivity contribution in [2.45, 2.75) is 157 Å². The van der Waals surface area contributed by atoms with Gasteiger partial charge in [-0.3, -0.25) is 9.59 Å². The van der Waals surface area contributed by atoms with Gasteiger partial charge in [0, 0.05) is 16.7 Å². The highest BCUT2D eigenvalue weighted by atomic mass is 16.5. The van der Waals surface area contributed by atoms with Gasteiger partial charge in [0.25, 0.3) is 0 Å². The van der Waals surface area contributed by atoms with Crippen LogP contribution >= 0.6 is 0 Å². The lowest BCUT2D eigenvalue weighted by molar-refractivity contribution is 0.0975. The van der Waals surface area contributed by atoms with Gasteiger partial charge in [-0.15, -0.1) is 0 Å². The third-order valence-corrected chi connectivity index (χ3v) is 13.6. The lowest BCUT2D eigenvalue weighted by Crippen LogP contribution is -2.21. The number of hydrogen-bond donors (Lipinski definition) is 0. The molecule has 0 N–H and O–H groups in total. The molecule has 6 aromatic rings. The number of carbonyl (C=O) groups is 2. The molecule has 1 aliphatic rings. The van der Waals surface area contributed by atoms with Crippen LogP contribution in [0.15, 0.2) is 78.9 Å². The second kappa shape index (κ2) is 28.3. The van der Waals surface area contributed by atoms with E-state index in [9.17, 15) is 9.59 Å². The van der Waals surface area contributed by atoms with Gasteiger partial charge in [-0.2, -0.15) is 0 Å². The first-order valence-electron chi connectivity index (χ1n) is 27.7. The summed E-state index contributed by atoms with van der Waals surface area (Å²) >= 11 is 0. The van der Waals surface area contributed by atoms with Crippen molar-refractivity contribution < 1.29 is 42.7 Å². The summed E-state index contributed by atoms with van der Waals surface area (Å²) in [4.78, 5) is 26.8. The normalized spacial score (nSPS) is 12.1. The molecule has 0 radical (unpaired) electrons. The van der Waals surface area contributed by atoms with Gasteiger partial charge in [0.2, 0.25) is 0 Å². The van der Waals surface area contributed by atoms with Crippen LogP contribution in [-0.4, -0.2) is 57.8 Å². The summed E-state index contributed by atoms with van der Waals surface area (Å²) in [6.07, 6.45) is 19.4. The standard InChI is InChI=1S/C63H80O9/c1-6-11-20-32-67-55-39-48-49-40-56(68-33-21-12-7-2)58(70-35-23-14-9-4)42-51(49)53-44-60(59(71-36-24-15-10-5)43-52(53)50(48)41-57(55)69-34-22-13-8-3)72-38-26-17-16-25-37-66-54-31-27-30-47-61(54)63(65)46-29-19-18-28-45(46)62(47)64/h18-19,27-31,39-44H,6-17,20-26,32-38H2,1-5H3. The van der Waals surface area contributed by atoms with Gasteiger partial charge in [0.15, 0.2) is 46.1 Å². The second-order valence-corrected chi connectivity index (χ2v) is 19.3. The van der Waals surface area contributed by atoms with E-state index >= 15 is 0 Å². The fourth-order valence-electron chi connectivity index (χ4n) is 9.52. The predicted molar refractivity (Wildman–Crippen MR) is 293 cm³/mol. The molecule has 9 heteroatoms. The van der Waals surface area contributed by atoms with E-state index in [1.54, 1.807) is 42.5 Å². The zero-order valence-corrected chi connectivity index (χ0v) is 44.1. The van der Waals surface area contributed by atoms with Crippen LogP contribution in [0.4, 0.5) is 0 Å². The zero-order valence-electron chi connectivity index (χ0n) is 44.1. The van der Waals surface area contributed by atoms with E-state index in [-0.39, 0.29) is 11.6 Å². The second-order valence-electron chi connectivity index (χ2n) is 19.3. The van der Waals surface area contributed by atoms with Crippen LogP contribution in [0.2, 0.25) is 0 Å². The molecule has 0 fully saturated rings. The fourth-order valence-corrected chi connectivity index (χ4v) is 9.52. The number of fused-ring (bicyclic) bond motifs is 8. The minimum absolute atomic E-state index is 0.143. The lowest BCUT2D eigenvalue weighted by Gasteiger charge is -2.21. The molecule has 7 rings (SSSR count). The van der Waals surface area contributed by atoms with Crippen LogP contribution in [0.25, 0.3) is 32.3 Å². The number of ketones is 2. The van der Waals surface area contributed by atoms with Crippen LogP contribution < -0.4 is 33.2 Å². The van der Waals surface area contributed by atoms with Crippen molar-refractivity contribution in [3.05, 3.63) is 101 Å². The Morgan fingerprint density at radius 2 is 0.542 bits per heavy atom. The molecule has 72 heavy (non-hydrogen) atoms. The Balaban J connectivity index is 1.18. The average molecular weight is 981 g/mol. The van der Waals surface area contributed by atoms with Gasteiger partial charge in [0.1, 0.15) is 5.75 Å². The zero-order chi connectivity index (χ0) is 50.5. The summed E-state index contributed by atoms with van der Waals surface area (Å²) in [7, 11) is 0. The Labute approximate surface area is 429 Å². The van der Waals surface area contributed by atoms with E-state index in [0.29, 0.717) is 74.3 Å². The van der Waals surface area contributed by atoms with Gasteiger partial charge in [-0.1, -0.05) is 135 Å². The summed E-state index contributed by atoms with van der Waals surface area (Å²) in [5, 5.41) is 6.32. The maximum absolute atomic E-state index is 13.5. The van der Waals surface area contributed by atoms with Crippen molar-refractivity contribution in [3.8, 4) is 40.2 Å². The number of hydrogen-bond acceptors (Lipinski definition) is 9. The van der Waals surface area contributed by atoms with E-state index < -0.39 is 0 Å². The van der Waals surface area contributed by atoms with E-state index in [0.717, 1.165) is 189 Å². The SMILES string of the molecule is CCCCCOc1cc2c3cc(OCCCCC)c(OCCCCC)cc3c3cc(OCCCCCCOc4cccc5c4C(=O)c4ccccc4C5=O)c(OCCCCC)cc3c2cc1OCCCCC. The van der Waals surface area contributed by atoms with Gasteiger partial charge in [0.05, 0.1) is 51.8 Å². The van der Waals surface area contributed by atoms with E-state index in [4.69, 9.17) is 33.2 Å². The molecule has 0 aromatic heterocycles. The molecule has 6 aromatic carbocycles. The minimum atomic E-state index is -0.169. The molecule has 0 atom stereocenters. The Bertz CT molecular complexity index is 2650. The largest absolute Gasteiger partial charge is 0.493 e. The number of benzene rings is 6. The lowest BCUT2D eigenvalue weighted by atomic mass is 9.83. The molecule has 1 aliphatic carbocycles. The van der Waals surface area contributed by atoms with E-state index in [1.165, 1.54) is 0 Å². The van der Waals surface area contributed by atoms with Crippen LogP contribution in [0.5, 0.6) is 40.2 Å². The van der Waals surface area contributed by atoms with Crippen LogP contribution in [0.1, 0.15) is 188 Å². The van der Waals surface area contributed by atoms with E-state index in [1.807, 2.05) is 0 Å². The first kappa shape index (κ1) is 53.8. The Morgan fingerprint density at radius 1 is 0.278 bits per heavy atom. The van der Waals surface area contributed by atoms with Crippen LogP contribution in [-0.2, 0) is 0 Å². The Kier molecular flexibility index (Phi) is 21.2. The highest BCUT2D eigenvalue weighted by Crippen LogP contribution is 2.47. The van der Waals surface area contributed by atoms with Gasteiger partial charge >= 0.3 is 0 Å². The predicted octanol–water partition coefficient (Wildman–Crippen LogP) is 16.8. The van der Waals surface area contributed by atoms with Crippen molar-refractivity contribution in [3.63, 3.8) is 0 Å². The Hall–Kier alpha value is -5.96. The molecule has 0 bridgehead atoms. The third kappa shape index (κ3) is 13.8. The summed E-state index contributed by atoms with van der Waals surface area (Å²) in [5.41, 5.74) is 1.63. The van der Waals surface area contributed by atoms with Crippen LogP contribution in [0, 0.1) is 0 Å². The maximum Gasteiger partial charge on any atom is 0.198 e. The van der Waals surface area contributed by atoms with Crippen LogP contribution in [0.3, 0.4) is 0 Å². The quantitative estimate of drug-likeness (QED) is 0.0289. The summed E-state index contributed by atoms with van der Waals surface area (Å²) in [6.45, 7) is 15.1. The smallest absolute Gasteiger partial charge is 0.198 e. The van der Waals surface area contributed by atoms with Gasteiger partial charge < -0.3 is 33.2 Å². The average Bonchev–Trinajstić information content (AvgIpc) is 3.40. The van der Waals surface area contributed by atoms with Crippen molar-refractivity contribution in [1.82, 2.24) is 0 Å². The summed E-state index contributed by atoms with van der Waals surface area (Å²) < 4.78 is 46.0. The number of unbranched alkanes of at least 4 members (excludes halogenated alkanes) is 13. The van der Waals surface area contributed by atoms with E-state index in [2.05, 4.69) is 71.0 Å². The maximum atomic E-state index is 13.5. The molecule has 386 valence electrons. The highest BCUT2D eigenvalue weighted by molar-refractivity contribution is 6.29. The van der Waals surface area contributed by atoms with Gasteiger partial charge in [-0.25, -0.2) is 0 Å². The number of ether oxygens (including phenoxy) is 7. The molecule has 9 nitrogen and oxygen atoms in total. The molecule has 0 heterocycles. The van der Waals surface area contributed by atoms with Crippen molar-refractivity contribution in [2.24, 2.45) is 0 Å². The van der Waals surface area contributed by atoms with Gasteiger partial charge in [-0.05, 0) is 133 Å². The van der Waals surface area contributed by atoms with Crippen molar-refractivity contribution >= 4 is 43.9 Å². The molecule has 0 saturated heterocycles. The molecular weight excluding hydrogens is 901 g/mol. The molecular formula is C63H80O9. The minimum Gasteiger partial charge on any atom is -0.493 e. The highest BCUT2D eigenvalue weighted by Gasteiger charge is 2.32.